The van der Waals surface area contributed by atoms with E-state index in [4.69, 9.17) is 9.47 Å². The molecule has 3 rings (SSSR count). The quantitative estimate of drug-likeness (QED) is 0.531. The molecule has 2 nitrogen and oxygen atoms in total. The lowest BCUT2D eigenvalue weighted by Gasteiger charge is -2.23. The van der Waals surface area contributed by atoms with Crippen LogP contribution in [0.1, 0.15) is 26.7 Å². The molecular weight excluding hydrogens is 164 g/mol. The second kappa shape index (κ2) is 2.37. The predicted octanol–water partition coefficient (Wildman–Crippen LogP) is 2.10. The summed E-state index contributed by atoms with van der Waals surface area (Å²) in [6, 6.07) is 0. The van der Waals surface area contributed by atoms with Crippen molar-refractivity contribution in [2.45, 2.75) is 44.7 Å². The summed E-state index contributed by atoms with van der Waals surface area (Å²) in [5.74, 6) is 0.976. The lowest BCUT2D eigenvalue weighted by atomic mass is 9.95. The third-order valence-electron chi connectivity index (χ3n) is 3.45. The first-order valence-corrected chi connectivity index (χ1v) is 5.18. The van der Waals surface area contributed by atoms with Crippen molar-refractivity contribution in [2.24, 2.45) is 11.8 Å². The molecule has 4 atom stereocenters. The van der Waals surface area contributed by atoms with E-state index >= 15 is 0 Å². The maximum absolute atomic E-state index is 5.92. The van der Waals surface area contributed by atoms with Gasteiger partial charge in [0.05, 0.1) is 12.2 Å². The van der Waals surface area contributed by atoms with Gasteiger partial charge in [0, 0.05) is 5.92 Å². The van der Waals surface area contributed by atoms with Crippen molar-refractivity contribution in [2.75, 3.05) is 0 Å². The number of hydrogen-bond acceptors (Lipinski definition) is 2. The lowest BCUT2D eigenvalue weighted by molar-refractivity contribution is -0.159. The van der Waals surface area contributed by atoms with Crippen molar-refractivity contribution in [3.05, 3.63) is 12.2 Å². The number of fused-ring (bicyclic) bond motifs is 5. The van der Waals surface area contributed by atoms with Crippen molar-refractivity contribution in [3.63, 3.8) is 0 Å². The summed E-state index contributed by atoms with van der Waals surface area (Å²) in [6.45, 7) is 4.04. The van der Waals surface area contributed by atoms with Gasteiger partial charge in [0.15, 0.2) is 5.79 Å². The molecule has 0 radical (unpaired) electrons. The van der Waals surface area contributed by atoms with E-state index in [1.807, 2.05) is 13.8 Å². The Balaban J connectivity index is 1.90. The second-order valence-corrected chi connectivity index (χ2v) is 4.89. The zero-order valence-electron chi connectivity index (χ0n) is 8.19. The van der Waals surface area contributed by atoms with Crippen molar-refractivity contribution in [3.8, 4) is 0 Å². The van der Waals surface area contributed by atoms with Crippen LogP contribution in [0, 0.1) is 11.8 Å². The van der Waals surface area contributed by atoms with E-state index in [1.165, 1.54) is 12.8 Å². The molecule has 4 unspecified atom stereocenters. The Bertz CT molecular complexity index is 257. The van der Waals surface area contributed by atoms with Crippen LogP contribution in [-0.2, 0) is 9.47 Å². The highest BCUT2D eigenvalue weighted by molar-refractivity contribution is 5.11. The fourth-order valence-electron chi connectivity index (χ4n) is 2.98. The maximum atomic E-state index is 5.92. The van der Waals surface area contributed by atoms with Gasteiger partial charge in [0.1, 0.15) is 0 Å². The molecule has 1 saturated carbocycles. The first-order valence-electron chi connectivity index (χ1n) is 5.18. The molecule has 3 aliphatic rings. The lowest BCUT2D eigenvalue weighted by Crippen LogP contribution is -2.25. The Hall–Kier alpha value is -0.340. The van der Waals surface area contributed by atoms with E-state index in [2.05, 4.69) is 12.2 Å². The highest BCUT2D eigenvalue weighted by Gasteiger charge is 2.53. The molecule has 1 heterocycles. The van der Waals surface area contributed by atoms with Crippen LogP contribution in [0.5, 0.6) is 0 Å². The van der Waals surface area contributed by atoms with Gasteiger partial charge >= 0.3 is 0 Å². The van der Waals surface area contributed by atoms with Crippen molar-refractivity contribution in [1.82, 2.24) is 0 Å². The van der Waals surface area contributed by atoms with Crippen LogP contribution in [-0.4, -0.2) is 18.0 Å². The monoisotopic (exact) mass is 180 g/mol. The van der Waals surface area contributed by atoms with E-state index in [1.54, 1.807) is 0 Å². The summed E-state index contributed by atoms with van der Waals surface area (Å²) < 4.78 is 11.8. The molecule has 1 aliphatic heterocycles. The van der Waals surface area contributed by atoms with Crippen LogP contribution in [0.25, 0.3) is 0 Å². The molecular formula is C11H16O2. The van der Waals surface area contributed by atoms with Gasteiger partial charge < -0.3 is 9.47 Å². The SMILES string of the molecule is CC1(C)OC2C3C=CCC(C3)C2O1. The van der Waals surface area contributed by atoms with Crippen LogP contribution < -0.4 is 0 Å². The average molecular weight is 180 g/mol. The van der Waals surface area contributed by atoms with Crippen molar-refractivity contribution >= 4 is 0 Å². The molecule has 2 fully saturated rings. The van der Waals surface area contributed by atoms with Gasteiger partial charge in [-0.05, 0) is 32.6 Å². The highest BCUT2D eigenvalue weighted by atomic mass is 16.8. The predicted molar refractivity (Wildman–Crippen MR) is 49.2 cm³/mol. The Morgan fingerprint density at radius 3 is 2.85 bits per heavy atom. The summed E-state index contributed by atoms with van der Waals surface area (Å²) in [4.78, 5) is 0. The molecule has 2 aliphatic carbocycles. The molecule has 0 aromatic heterocycles. The minimum Gasteiger partial charge on any atom is -0.344 e. The third-order valence-corrected chi connectivity index (χ3v) is 3.45. The van der Waals surface area contributed by atoms with Crippen molar-refractivity contribution < 1.29 is 9.47 Å². The van der Waals surface area contributed by atoms with E-state index in [0.717, 1.165) is 0 Å². The summed E-state index contributed by atoms with van der Waals surface area (Å²) in [5, 5.41) is 0. The molecule has 13 heavy (non-hydrogen) atoms. The smallest absolute Gasteiger partial charge is 0.163 e. The molecule has 0 aromatic carbocycles. The van der Waals surface area contributed by atoms with E-state index in [0.29, 0.717) is 24.0 Å². The summed E-state index contributed by atoms with van der Waals surface area (Å²) in [7, 11) is 0. The Labute approximate surface area is 78.9 Å². The normalized spacial score (nSPS) is 50.9. The van der Waals surface area contributed by atoms with E-state index < -0.39 is 0 Å². The molecule has 0 N–H and O–H groups in total. The van der Waals surface area contributed by atoms with Gasteiger partial charge in [0.25, 0.3) is 0 Å². The molecule has 2 heteroatoms. The summed E-state index contributed by atoms with van der Waals surface area (Å²) in [6.07, 6.45) is 7.73. The van der Waals surface area contributed by atoms with Crippen LogP contribution in [0.3, 0.4) is 0 Å². The van der Waals surface area contributed by atoms with Crippen molar-refractivity contribution in [1.29, 1.82) is 0 Å². The van der Waals surface area contributed by atoms with Gasteiger partial charge in [-0.25, -0.2) is 0 Å². The zero-order valence-corrected chi connectivity index (χ0v) is 8.19. The fourth-order valence-corrected chi connectivity index (χ4v) is 2.98. The first kappa shape index (κ1) is 8.01. The maximum Gasteiger partial charge on any atom is 0.163 e. The Morgan fingerprint density at radius 2 is 2.00 bits per heavy atom. The molecule has 2 bridgehead atoms. The van der Waals surface area contributed by atoms with Gasteiger partial charge in [-0.15, -0.1) is 0 Å². The van der Waals surface area contributed by atoms with Gasteiger partial charge in [0.2, 0.25) is 0 Å². The molecule has 0 amide bonds. The fraction of sp³-hybridized carbons (Fsp3) is 0.818. The molecule has 1 saturated heterocycles. The van der Waals surface area contributed by atoms with E-state index in [-0.39, 0.29) is 5.79 Å². The van der Waals surface area contributed by atoms with Gasteiger partial charge in [-0.1, -0.05) is 12.2 Å². The van der Waals surface area contributed by atoms with Gasteiger partial charge in [-0.2, -0.15) is 0 Å². The van der Waals surface area contributed by atoms with E-state index in [9.17, 15) is 0 Å². The zero-order chi connectivity index (χ0) is 9.05. The Kier molecular flexibility index (Phi) is 1.46. The topological polar surface area (TPSA) is 18.5 Å². The van der Waals surface area contributed by atoms with Crippen LogP contribution in [0.15, 0.2) is 12.2 Å². The molecule has 0 aromatic rings. The minimum atomic E-state index is -0.350. The summed E-state index contributed by atoms with van der Waals surface area (Å²) in [5.41, 5.74) is 0. The second-order valence-electron chi connectivity index (χ2n) is 4.89. The number of allylic oxidation sites excluding steroid dienone is 1. The number of ether oxygens (including phenoxy) is 2. The average Bonchev–Trinajstić information content (AvgIpc) is 2.50. The van der Waals surface area contributed by atoms with Gasteiger partial charge in [-0.3, -0.25) is 0 Å². The number of rotatable bonds is 0. The molecule has 0 spiro atoms. The first-order chi connectivity index (χ1) is 6.16. The van der Waals surface area contributed by atoms with Crippen LogP contribution in [0.2, 0.25) is 0 Å². The standard InChI is InChI=1S/C11H16O2/c1-11(2)12-9-7-4-3-5-8(6-7)10(9)13-11/h3-4,7-10H,5-6H2,1-2H3. The minimum absolute atomic E-state index is 0.332. The Morgan fingerprint density at radius 1 is 1.23 bits per heavy atom. The van der Waals surface area contributed by atoms with Crippen LogP contribution >= 0.6 is 0 Å². The molecule has 72 valence electrons. The highest BCUT2D eigenvalue weighted by Crippen LogP contribution is 2.48. The summed E-state index contributed by atoms with van der Waals surface area (Å²) >= 11 is 0. The van der Waals surface area contributed by atoms with Crippen LogP contribution in [0.4, 0.5) is 0 Å². The number of hydrogen-bond donors (Lipinski definition) is 0. The largest absolute Gasteiger partial charge is 0.344 e. The third kappa shape index (κ3) is 1.09.